The maximum atomic E-state index is 6.00. The third-order valence-corrected chi connectivity index (χ3v) is 4.03. The van der Waals surface area contributed by atoms with Gasteiger partial charge in [-0.1, -0.05) is 26.8 Å². The van der Waals surface area contributed by atoms with Crippen LogP contribution in [0.4, 0.5) is 11.6 Å². The van der Waals surface area contributed by atoms with Crippen LogP contribution >= 0.6 is 11.3 Å². The molecule has 0 radical (unpaired) electrons. The van der Waals surface area contributed by atoms with E-state index in [0.717, 1.165) is 30.2 Å². The summed E-state index contributed by atoms with van der Waals surface area (Å²) in [7, 11) is 0. The predicted octanol–water partition coefficient (Wildman–Crippen LogP) is 3.38. The number of nitrogens with zero attached hydrogens (tertiary/aromatic N) is 2. The van der Waals surface area contributed by atoms with Crippen LogP contribution in [-0.2, 0) is 11.8 Å². The number of nitrogens with two attached hydrogens (primary N) is 1. The molecule has 2 aromatic heterocycles. The lowest BCUT2D eigenvalue weighted by atomic mass is 9.95. The second-order valence-electron chi connectivity index (χ2n) is 5.91. The summed E-state index contributed by atoms with van der Waals surface area (Å²) in [6.07, 6.45) is 0.992. The van der Waals surface area contributed by atoms with Crippen LogP contribution < -0.4 is 11.1 Å². The number of aromatic nitrogens is 2. The predicted molar refractivity (Wildman–Crippen MR) is 86.4 cm³/mol. The molecule has 0 unspecified atom stereocenters. The number of hydrogen-bond donors (Lipinski definition) is 2. The molecule has 3 N–H and O–H groups in total. The van der Waals surface area contributed by atoms with Crippen LogP contribution in [0.15, 0.2) is 17.5 Å². The standard InChI is InChI=1S/C15H22N4S/c1-10-12(16)18-14(15(2,3)4)19-13(10)17-8-7-11-6-5-9-20-11/h5-6,9H,7-8H2,1-4H3,(H3,16,17,18,19). The van der Waals surface area contributed by atoms with Crippen molar-refractivity contribution in [2.24, 2.45) is 0 Å². The third-order valence-electron chi connectivity index (χ3n) is 3.10. The van der Waals surface area contributed by atoms with Crippen molar-refractivity contribution in [1.82, 2.24) is 9.97 Å². The number of nitrogens with one attached hydrogen (secondary N) is 1. The molecule has 0 atom stereocenters. The van der Waals surface area contributed by atoms with Gasteiger partial charge >= 0.3 is 0 Å². The van der Waals surface area contributed by atoms with Crippen LogP contribution in [0.2, 0.25) is 0 Å². The molecule has 0 saturated carbocycles. The van der Waals surface area contributed by atoms with Crippen molar-refractivity contribution in [1.29, 1.82) is 0 Å². The van der Waals surface area contributed by atoms with Crippen molar-refractivity contribution >= 4 is 23.0 Å². The zero-order chi connectivity index (χ0) is 14.8. The van der Waals surface area contributed by atoms with Crippen LogP contribution in [0.5, 0.6) is 0 Å². The molecule has 2 aromatic rings. The van der Waals surface area contributed by atoms with E-state index in [2.05, 4.69) is 53.6 Å². The minimum Gasteiger partial charge on any atom is -0.383 e. The highest BCUT2D eigenvalue weighted by Crippen LogP contribution is 2.24. The molecule has 4 nitrogen and oxygen atoms in total. The summed E-state index contributed by atoms with van der Waals surface area (Å²) < 4.78 is 0. The smallest absolute Gasteiger partial charge is 0.138 e. The van der Waals surface area contributed by atoms with Crippen LogP contribution in [0.1, 0.15) is 37.0 Å². The summed E-state index contributed by atoms with van der Waals surface area (Å²) in [4.78, 5) is 10.4. The minimum atomic E-state index is -0.105. The second-order valence-corrected chi connectivity index (χ2v) is 6.94. The SMILES string of the molecule is Cc1c(N)nc(C(C)(C)C)nc1NCCc1cccs1. The van der Waals surface area contributed by atoms with E-state index >= 15 is 0 Å². The normalized spacial score (nSPS) is 11.6. The summed E-state index contributed by atoms with van der Waals surface area (Å²) in [5, 5.41) is 5.48. The van der Waals surface area contributed by atoms with Crippen LogP contribution in [0, 0.1) is 6.92 Å². The lowest BCUT2D eigenvalue weighted by Crippen LogP contribution is -2.20. The lowest BCUT2D eigenvalue weighted by molar-refractivity contribution is 0.546. The lowest BCUT2D eigenvalue weighted by Gasteiger charge is -2.19. The Balaban J connectivity index is 2.12. The molecule has 0 aliphatic heterocycles. The van der Waals surface area contributed by atoms with Crippen LogP contribution in [-0.4, -0.2) is 16.5 Å². The van der Waals surface area contributed by atoms with Crippen molar-refractivity contribution in [3.8, 4) is 0 Å². The van der Waals surface area contributed by atoms with Gasteiger partial charge in [-0.05, 0) is 24.8 Å². The van der Waals surface area contributed by atoms with E-state index in [-0.39, 0.29) is 5.41 Å². The van der Waals surface area contributed by atoms with Gasteiger partial charge in [0.25, 0.3) is 0 Å². The minimum absolute atomic E-state index is 0.105. The van der Waals surface area contributed by atoms with E-state index in [1.165, 1.54) is 4.88 Å². The van der Waals surface area contributed by atoms with Crippen molar-refractivity contribution < 1.29 is 0 Å². The molecule has 0 bridgehead atoms. The molecule has 5 heteroatoms. The fourth-order valence-electron chi connectivity index (χ4n) is 1.80. The highest BCUT2D eigenvalue weighted by molar-refractivity contribution is 7.09. The van der Waals surface area contributed by atoms with Crippen LogP contribution in [0.3, 0.4) is 0 Å². The molecule has 0 amide bonds. The van der Waals surface area contributed by atoms with Gasteiger partial charge < -0.3 is 11.1 Å². The number of rotatable bonds is 4. The average molecular weight is 290 g/mol. The molecule has 0 aromatic carbocycles. The van der Waals surface area contributed by atoms with Gasteiger partial charge in [0.05, 0.1) is 0 Å². The molecule has 0 aliphatic carbocycles. The third kappa shape index (κ3) is 3.48. The molecule has 0 saturated heterocycles. The first-order chi connectivity index (χ1) is 9.38. The number of thiophene rings is 1. The van der Waals surface area contributed by atoms with Gasteiger partial charge in [-0.2, -0.15) is 0 Å². The summed E-state index contributed by atoms with van der Waals surface area (Å²) in [6, 6.07) is 4.22. The van der Waals surface area contributed by atoms with Crippen molar-refractivity contribution in [2.75, 3.05) is 17.6 Å². The van der Waals surface area contributed by atoms with Gasteiger partial charge in [0.1, 0.15) is 17.5 Å². The Kier molecular flexibility index (Phi) is 4.28. The van der Waals surface area contributed by atoms with E-state index < -0.39 is 0 Å². The molecule has 108 valence electrons. The quantitative estimate of drug-likeness (QED) is 0.906. The maximum Gasteiger partial charge on any atom is 0.138 e. The second kappa shape index (κ2) is 5.79. The molecule has 2 heterocycles. The number of anilines is 2. The zero-order valence-electron chi connectivity index (χ0n) is 12.5. The highest BCUT2D eigenvalue weighted by Gasteiger charge is 2.20. The Morgan fingerprint density at radius 3 is 2.65 bits per heavy atom. The van der Waals surface area contributed by atoms with E-state index in [1.54, 1.807) is 11.3 Å². The van der Waals surface area contributed by atoms with Gasteiger partial charge in [0, 0.05) is 22.4 Å². The molecular weight excluding hydrogens is 268 g/mol. The Hall–Kier alpha value is -1.62. The van der Waals surface area contributed by atoms with Crippen molar-refractivity contribution in [3.63, 3.8) is 0 Å². The van der Waals surface area contributed by atoms with Crippen LogP contribution in [0.25, 0.3) is 0 Å². The van der Waals surface area contributed by atoms with Crippen molar-refractivity contribution in [3.05, 3.63) is 33.8 Å². The topological polar surface area (TPSA) is 63.8 Å². The fraction of sp³-hybridized carbons (Fsp3) is 0.467. The van der Waals surface area contributed by atoms with E-state index in [1.807, 2.05) is 6.92 Å². The van der Waals surface area contributed by atoms with Gasteiger partial charge in [0.15, 0.2) is 0 Å². The first-order valence-corrected chi connectivity index (χ1v) is 7.67. The van der Waals surface area contributed by atoms with E-state index in [9.17, 15) is 0 Å². The molecule has 0 aliphatic rings. The molecule has 0 spiro atoms. The monoisotopic (exact) mass is 290 g/mol. The highest BCUT2D eigenvalue weighted by atomic mass is 32.1. The van der Waals surface area contributed by atoms with Gasteiger partial charge in [0.2, 0.25) is 0 Å². The molecular formula is C15H22N4S. The largest absolute Gasteiger partial charge is 0.383 e. The maximum absolute atomic E-state index is 6.00. The Morgan fingerprint density at radius 2 is 2.05 bits per heavy atom. The first-order valence-electron chi connectivity index (χ1n) is 6.79. The Labute approximate surface area is 124 Å². The Morgan fingerprint density at radius 1 is 1.30 bits per heavy atom. The van der Waals surface area contributed by atoms with Crippen molar-refractivity contribution in [2.45, 2.75) is 39.5 Å². The van der Waals surface area contributed by atoms with Gasteiger partial charge in [-0.3, -0.25) is 0 Å². The fourth-order valence-corrected chi connectivity index (χ4v) is 2.51. The molecule has 0 fully saturated rings. The van der Waals surface area contributed by atoms with E-state index in [4.69, 9.17) is 5.73 Å². The summed E-state index contributed by atoms with van der Waals surface area (Å²) >= 11 is 1.78. The Bertz CT molecular complexity index is 570. The zero-order valence-corrected chi connectivity index (χ0v) is 13.3. The number of nitrogen functional groups attached to an aromatic ring is 1. The summed E-state index contributed by atoms with van der Waals surface area (Å²) in [6.45, 7) is 9.07. The van der Waals surface area contributed by atoms with Gasteiger partial charge in [-0.15, -0.1) is 11.3 Å². The summed E-state index contributed by atoms with van der Waals surface area (Å²) in [5.74, 6) is 2.18. The first kappa shape index (κ1) is 14.8. The van der Waals surface area contributed by atoms with Gasteiger partial charge in [-0.25, -0.2) is 9.97 Å². The molecule has 2 rings (SSSR count). The summed E-state index contributed by atoms with van der Waals surface area (Å²) in [5.41, 5.74) is 6.81. The number of hydrogen-bond acceptors (Lipinski definition) is 5. The van der Waals surface area contributed by atoms with E-state index in [0.29, 0.717) is 5.82 Å². The molecule has 20 heavy (non-hydrogen) atoms. The average Bonchev–Trinajstić information content (AvgIpc) is 2.86.